The summed E-state index contributed by atoms with van der Waals surface area (Å²) in [6.45, 7) is 6.57. The molecule has 0 fully saturated rings. The molecular weight excluding hydrogens is 278 g/mol. The molecular formula is C18H21NO3. The molecule has 0 amide bonds. The van der Waals surface area contributed by atoms with Crippen molar-refractivity contribution in [3.63, 3.8) is 0 Å². The van der Waals surface area contributed by atoms with E-state index in [1.165, 1.54) is 6.07 Å². The zero-order valence-electron chi connectivity index (χ0n) is 13.2. The predicted octanol–water partition coefficient (Wildman–Crippen LogP) is 3.63. The number of carboxylic acid groups (broad SMARTS) is 1. The smallest absolute Gasteiger partial charge is 0.341 e. The number of carbonyl (C=O) groups is 1. The Morgan fingerprint density at radius 1 is 1.18 bits per heavy atom. The Balaban J connectivity index is 2.69. The first kappa shape index (κ1) is 16.0. The highest BCUT2D eigenvalue weighted by molar-refractivity contribution is 5.87. The summed E-state index contributed by atoms with van der Waals surface area (Å²) in [6.07, 6.45) is 1.77. The molecule has 1 heterocycles. The highest BCUT2D eigenvalue weighted by atomic mass is 16.4. The third-order valence-electron chi connectivity index (χ3n) is 3.81. The van der Waals surface area contributed by atoms with Gasteiger partial charge in [0.2, 0.25) is 0 Å². The van der Waals surface area contributed by atoms with E-state index >= 15 is 0 Å². The minimum absolute atomic E-state index is 0.176. The number of carboxylic acids is 1. The van der Waals surface area contributed by atoms with Crippen molar-refractivity contribution in [2.24, 2.45) is 0 Å². The molecule has 4 heteroatoms. The van der Waals surface area contributed by atoms with Crippen LogP contribution >= 0.6 is 0 Å². The molecule has 1 aromatic carbocycles. The van der Waals surface area contributed by atoms with Crippen LogP contribution < -0.4 is 5.56 Å². The monoisotopic (exact) mass is 299 g/mol. The van der Waals surface area contributed by atoms with E-state index in [-0.39, 0.29) is 5.56 Å². The summed E-state index contributed by atoms with van der Waals surface area (Å²) in [5.74, 6) is -1.18. The van der Waals surface area contributed by atoms with E-state index in [2.05, 4.69) is 0 Å². The predicted molar refractivity (Wildman–Crippen MR) is 87.5 cm³/mol. The largest absolute Gasteiger partial charge is 0.477 e. The van der Waals surface area contributed by atoms with Gasteiger partial charge in [0.25, 0.3) is 5.56 Å². The Labute approximate surface area is 130 Å². The second-order valence-electron chi connectivity index (χ2n) is 5.57. The lowest BCUT2D eigenvalue weighted by Gasteiger charge is -2.16. The second-order valence-corrected chi connectivity index (χ2v) is 5.57. The number of hydrogen-bond donors (Lipinski definition) is 1. The van der Waals surface area contributed by atoms with Crippen LogP contribution in [0.1, 0.15) is 41.3 Å². The van der Waals surface area contributed by atoms with Crippen LogP contribution in [-0.2, 0) is 6.54 Å². The second kappa shape index (κ2) is 6.60. The van der Waals surface area contributed by atoms with Crippen molar-refractivity contribution in [1.29, 1.82) is 0 Å². The van der Waals surface area contributed by atoms with Crippen LogP contribution in [0.2, 0.25) is 0 Å². The quantitative estimate of drug-likeness (QED) is 0.917. The van der Waals surface area contributed by atoms with Crippen molar-refractivity contribution in [1.82, 2.24) is 4.57 Å². The molecule has 1 aromatic heterocycles. The van der Waals surface area contributed by atoms with Crippen LogP contribution in [0.15, 0.2) is 35.1 Å². The van der Waals surface area contributed by atoms with Gasteiger partial charge in [-0.1, -0.05) is 31.0 Å². The van der Waals surface area contributed by atoms with Gasteiger partial charge in [0.15, 0.2) is 0 Å². The lowest BCUT2D eigenvalue weighted by atomic mass is 10.0. The van der Waals surface area contributed by atoms with Crippen LogP contribution in [0.5, 0.6) is 0 Å². The molecule has 0 atom stereocenters. The Morgan fingerprint density at radius 3 is 2.55 bits per heavy atom. The molecule has 0 saturated carbocycles. The fourth-order valence-electron chi connectivity index (χ4n) is 2.53. The third kappa shape index (κ3) is 3.11. The standard InChI is InChI=1S/C18H21NO3/c1-4-5-10-19-16(9-8-14(17(19)20)18(21)22)15-11-12(2)6-7-13(15)3/h6-9,11H,4-5,10H2,1-3H3,(H,21,22). The highest BCUT2D eigenvalue weighted by Gasteiger charge is 2.15. The molecule has 0 bridgehead atoms. The molecule has 22 heavy (non-hydrogen) atoms. The Bertz CT molecular complexity index is 759. The van der Waals surface area contributed by atoms with Gasteiger partial charge in [-0.15, -0.1) is 0 Å². The molecule has 1 N–H and O–H groups in total. The Hall–Kier alpha value is -2.36. The van der Waals surface area contributed by atoms with Crippen LogP contribution in [0, 0.1) is 13.8 Å². The van der Waals surface area contributed by atoms with Crippen molar-refractivity contribution < 1.29 is 9.90 Å². The fourth-order valence-corrected chi connectivity index (χ4v) is 2.53. The molecule has 0 aliphatic carbocycles. The number of nitrogens with zero attached hydrogens (tertiary/aromatic N) is 1. The normalized spacial score (nSPS) is 10.7. The van der Waals surface area contributed by atoms with Crippen molar-refractivity contribution >= 4 is 5.97 Å². The first-order valence-electron chi connectivity index (χ1n) is 7.50. The summed E-state index contributed by atoms with van der Waals surface area (Å²) in [5, 5.41) is 9.16. The Kier molecular flexibility index (Phi) is 4.81. The summed E-state index contributed by atoms with van der Waals surface area (Å²) in [7, 11) is 0. The minimum atomic E-state index is -1.18. The Morgan fingerprint density at radius 2 is 1.91 bits per heavy atom. The summed E-state index contributed by atoms with van der Waals surface area (Å²) in [6, 6.07) is 9.23. The molecule has 116 valence electrons. The summed E-state index contributed by atoms with van der Waals surface area (Å²) in [4.78, 5) is 23.7. The van der Waals surface area contributed by atoms with Gasteiger partial charge in [0, 0.05) is 12.1 Å². The fraction of sp³-hybridized carbons (Fsp3) is 0.333. The number of benzene rings is 1. The van der Waals surface area contributed by atoms with Gasteiger partial charge in [-0.3, -0.25) is 4.79 Å². The van der Waals surface area contributed by atoms with Crippen LogP contribution in [0.25, 0.3) is 11.3 Å². The van der Waals surface area contributed by atoms with Crippen molar-refractivity contribution in [2.45, 2.75) is 40.2 Å². The molecule has 0 aliphatic rings. The molecule has 0 saturated heterocycles. The summed E-state index contributed by atoms with van der Waals surface area (Å²) < 4.78 is 1.59. The lowest BCUT2D eigenvalue weighted by Crippen LogP contribution is -2.27. The number of hydrogen-bond acceptors (Lipinski definition) is 2. The van der Waals surface area contributed by atoms with Gasteiger partial charge in [-0.25, -0.2) is 4.79 Å². The van der Waals surface area contributed by atoms with E-state index in [0.717, 1.165) is 35.2 Å². The van der Waals surface area contributed by atoms with E-state index < -0.39 is 11.5 Å². The first-order chi connectivity index (χ1) is 10.5. The van der Waals surface area contributed by atoms with E-state index in [4.69, 9.17) is 5.11 Å². The SMILES string of the molecule is CCCCn1c(-c2cc(C)ccc2C)ccc(C(=O)O)c1=O. The maximum atomic E-state index is 12.5. The zero-order chi connectivity index (χ0) is 16.3. The third-order valence-corrected chi connectivity index (χ3v) is 3.81. The minimum Gasteiger partial charge on any atom is -0.477 e. The van der Waals surface area contributed by atoms with Crippen LogP contribution in [0.4, 0.5) is 0 Å². The molecule has 4 nitrogen and oxygen atoms in total. The molecule has 0 aliphatic heterocycles. The van der Waals surface area contributed by atoms with Gasteiger partial charge >= 0.3 is 5.97 Å². The van der Waals surface area contributed by atoms with Gasteiger partial charge in [0.1, 0.15) is 5.56 Å². The maximum Gasteiger partial charge on any atom is 0.341 e. The first-order valence-corrected chi connectivity index (χ1v) is 7.50. The average molecular weight is 299 g/mol. The van der Waals surface area contributed by atoms with E-state index in [1.54, 1.807) is 10.6 Å². The summed E-state index contributed by atoms with van der Waals surface area (Å²) >= 11 is 0. The van der Waals surface area contributed by atoms with Crippen molar-refractivity contribution in [2.75, 3.05) is 0 Å². The number of pyridine rings is 1. The highest BCUT2D eigenvalue weighted by Crippen LogP contribution is 2.24. The molecule has 0 radical (unpaired) electrons. The molecule has 0 unspecified atom stereocenters. The van der Waals surface area contributed by atoms with Gasteiger partial charge < -0.3 is 9.67 Å². The average Bonchev–Trinajstić information content (AvgIpc) is 2.48. The number of rotatable bonds is 5. The molecule has 2 rings (SSSR count). The topological polar surface area (TPSA) is 59.3 Å². The van der Waals surface area contributed by atoms with E-state index in [9.17, 15) is 9.59 Å². The number of aromatic carboxylic acids is 1. The molecule has 2 aromatic rings. The van der Waals surface area contributed by atoms with E-state index in [0.29, 0.717) is 6.54 Å². The van der Waals surface area contributed by atoms with Crippen LogP contribution in [0.3, 0.4) is 0 Å². The van der Waals surface area contributed by atoms with Crippen molar-refractivity contribution in [3.8, 4) is 11.3 Å². The van der Waals surface area contributed by atoms with E-state index in [1.807, 2.05) is 39.0 Å². The summed E-state index contributed by atoms with van der Waals surface area (Å²) in [5.41, 5.74) is 3.33. The van der Waals surface area contributed by atoms with Gasteiger partial charge in [-0.05, 0) is 44.0 Å². The van der Waals surface area contributed by atoms with Gasteiger partial charge in [0.05, 0.1) is 5.69 Å². The van der Waals surface area contributed by atoms with Gasteiger partial charge in [-0.2, -0.15) is 0 Å². The number of aryl methyl sites for hydroxylation is 2. The maximum absolute atomic E-state index is 12.5. The van der Waals surface area contributed by atoms with Crippen LogP contribution in [-0.4, -0.2) is 15.6 Å². The zero-order valence-corrected chi connectivity index (χ0v) is 13.2. The number of unbranched alkanes of at least 4 members (excludes halogenated alkanes) is 1. The van der Waals surface area contributed by atoms with Crippen molar-refractivity contribution in [3.05, 3.63) is 57.4 Å². The molecule has 0 spiro atoms. The lowest BCUT2D eigenvalue weighted by molar-refractivity contribution is 0.0694. The number of aromatic nitrogens is 1.